The van der Waals surface area contributed by atoms with Crippen molar-refractivity contribution in [3.8, 4) is 11.5 Å². The minimum Gasteiger partial charge on any atom is -0.485 e. The normalized spacial score (nSPS) is 17.7. The molecule has 0 radical (unpaired) electrons. The topological polar surface area (TPSA) is 179 Å². The number of carbonyl (C=O) groups is 4. The smallest absolute Gasteiger partial charge is 0.485 e. The Labute approximate surface area is 227 Å². The fraction of sp³-hybridized carbons (Fsp3) is 0.391. The predicted octanol–water partition coefficient (Wildman–Crippen LogP) is 2.00. The predicted molar refractivity (Wildman–Crippen MR) is 125 cm³/mol. The number of carboxylic acids is 2. The van der Waals surface area contributed by atoms with Gasteiger partial charge in [-0.05, 0) is 30.2 Å². The van der Waals surface area contributed by atoms with Gasteiger partial charge in [0.1, 0.15) is 12.3 Å². The third kappa shape index (κ3) is 10.2. The number of aromatic nitrogens is 1. The third-order valence-electron chi connectivity index (χ3n) is 5.20. The average Bonchev–Trinajstić information content (AvgIpc) is 3.34. The van der Waals surface area contributed by atoms with Crippen LogP contribution in [0.4, 0.5) is 26.3 Å². The monoisotopic (exact) mass is 598 g/mol. The zero-order chi connectivity index (χ0) is 30.8. The summed E-state index contributed by atoms with van der Waals surface area (Å²) in [6.07, 6.45) is -8.26. The van der Waals surface area contributed by atoms with Crippen LogP contribution in [0.5, 0.6) is 11.5 Å². The third-order valence-corrected chi connectivity index (χ3v) is 5.20. The van der Waals surface area contributed by atoms with Gasteiger partial charge in [-0.3, -0.25) is 9.59 Å². The highest BCUT2D eigenvalue weighted by Gasteiger charge is 2.39. The molecule has 0 saturated carbocycles. The van der Waals surface area contributed by atoms with E-state index in [1.165, 1.54) is 0 Å². The molecule has 18 heteroatoms. The number of rotatable bonds is 5. The van der Waals surface area contributed by atoms with Crippen molar-refractivity contribution in [2.75, 3.05) is 26.2 Å². The maximum absolute atomic E-state index is 12.3. The summed E-state index contributed by atoms with van der Waals surface area (Å²) in [6, 6.07) is 9.28. The minimum absolute atomic E-state index is 0.0586. The fourth-order valence-corrected chi connectivity index (χ4v) is 3.35. The van der Waals surface area contributed by atoms with E-state index in [0.717, 1.165) is 12.0 Å². The maximum atomic E-state index is 12.3. The molecule has 2 aliphatic heterocycles. The van der Waals surface area contributed by atoms with Crippen molar-refractivity contribution in [3.05, 3.63) is 47.8 Å². The SMILES string of the molecule is O=C(O)C(F)(F)F.O=C(O)C(F)(F)F.O=C1NCCC(NCCNC(=O)C2COc3ccccc3O2)c2cc[nH]c21. The molecule has 2 atom stereocenters. The number of nitrogens with one attached hydrogen (secondary N) is 4. The van der Waals surface area contributed by atoms with Crippen molar-refractivity contribution in [3.63, 3.8) is 0 Å². The first-order valence-corrected chi connectivity index (χ1v) is 11.6. The van der Waals surface area contributed by atoms with Gasteiger partial charge in [0.05, 0.1) is 0 Å². The van der Waals surface area contributed by atoms with E-state index in [1.54, 1.807) is 12.3 Å². The molecule has 2 unspecified atom stereocenters. The second-order valence-electron chi connectivity index (χ2n) is 8.12. The molecule has 2 amide bonds. The number of aromatic amines is 1. The summed E-state index contributed by atoms with van der Waals surface area (Å²) >= 11 is 0. The van der Waals surface area contributed by atoms with Gasteiger partial charge in [0.2, 0.25) is 6.10 Å². The highest BCUT2D eigenvalue weighted by Crippen LogP contribution is 2.30. The van der Waals surface area contributed by atoms with Gasteiger partial charge < -0.3 is 40.6 Å². The molecular weight excluding hydrogens is 574 g/mol. The summed E-state index contributed by atoms with van der Waals surface area (Å²) < 4.78 is 74.7. The Morgan fingerprint density at radius 3 is 2.12 bits per heavy atom. The summed E-state index contributed by atoms with van der Waals surface area (Å²) in [4.78, 5) is 45.0. The number of fused-ring (bicyclic) bond motifs is 2. The number of amides is 2. The fourth-order valence-electron chi connectivity index (χ4n) is 3.35. The largest absolute Gasteiger partial charge is 0.490 e. The van der Waals surface area contributed by atoms with E-state index in [9.17, 15) is 35.9 Å². The summed E-state index contributed by atoms with van der Waals surface area (Å²) in [7, 11) is 0. The van der Waals surface area contributed by atoms with Crippen molar-refractivity contribution in [1.29, 1.82) is 0 Å². The molecule has 4 rings (SSSR count). The lowest BCUT2D eigenvalue weighted by Gasteiger charge is -2.25. The van der Waals surface area contributed by atoms with Crippen molar-refractivity contribution < 1.29 is 65.2 Å². The molecule has 1 aromatic carbocycles. The van der Waals surface area contributed by atoms with Gasteiger partial charge in [0.25, 0.3) is 11.8 Å². The van der Waals surface area contributed by atoms with Crippen LogP contribution in [0.1, 0.15) is 28.5 Å². The van der Waals surface area contributed by atoms with Crippen LogP contribution in [-0.2, 0) is 14.4 Å². The molecule has 226 valence electrons. The van der Waals surface area contributed by atoms with Gasteiger partial charge >= 0.3 is 24.3 Å². The second-order valence-corrected chi connectivity index (χ2v) is 8.12. The minimum atomic E-state index is -5.08. The lowest BCUT2D eigenvalue weighted by Crippen LogP contribution is -2.45. The molecule has 2 aromatic rings. The van der Waals surface area contributed by atoms with Gasteiger partial charge in [-0.25, -0.2) is 9.59 Å². The highest BCUT2D eigenvalue weighted by atomic mass is 19.4. The van der Waals surface area contributed by atoms with Crippen molar-refractivity contribution in [2.24, 2.45) is 0 Å². The van der Waals surface area contributed by atoms with Crippen LogP contribution in [0.15, 0.2) is 36.5 Å². The molecule has 1 aromatic heterocycles. The summed E-state index contributed by atoms with van der Waals surface area (Å²) in [6.45, 7) is 1.84. The molecule has 0 fully saturated rings. The number of alkyl halides is 6. The molecule has 2 aliphatic rings. The van der Waals surface area contributed by atoms with E-state index >= 15 is 0 Å². The lowest BCUT2D eigenvalue weighted by atomic mass is 10.1. The number of halogens is 6. The molecule has 0 aliphatic carbocycles. The van der Waals surface area contributed by atoms with Crippen molar-refractivity contribution in [1.82, 2.24) is 20.9 Å². The first kappa shape index (κ1) is 32.7. The number of aliphatic carboxylic acids is 2. The van der Waals surface area contributed by atoms with Crippen LogP contribution in [0.25, 0.3) is 0 Å². The molecule has 0 spiro atoms. The number of benzene rings is 1. The number of para-hydroxylation sites is 2. The average molecular weight is 598 g/mol. The number of carboxylic acid groups (broad SMARTS) is 2. The van der Waals surface area contributed by atoms with Crippen LogP contribution < -0.4 is 25.4 Å². The first-order valence-electron chi connectivity index (χ1n) is 11.6. The molecule has 0 saturated heterocycles. The van der Waals surface area contributed by atoms with Gasteiger partial charge in [-0.2, -0.15) is 26.3 Å². The quantitative estimate of drug-likeness (QED) is 0.222. The number of carbonyl (C=O) groups excluding carboxylic acids is 2. The van der Waals surface area contributed by atoms with Gasteiger partial charge in [-0.15, -0.1) is 0 Å². The standard InChI is InChI=1S/C19H22N4O4.2C2HF3O2/c24-18(16-11-26-14-3-1-2-4-15(14)27-16)23-10-9-20-13-6-8-22-19(25)17-12(13)5-7-21-17;2*3-2(4,5)1(6)7/h1-5,7,13,16,20-21H,6,8-11H2,(H,22,25)(H,23,24);2*(H,6,7). The van der Waals surface area contributed by atoms with Gasteiger partial charge in [0.15, 0.2) is 11.5 Å². The molecular formula is C23H24F6N4O8. The van der Waals surface area contributed by atoms with Crippen LogP contribution in [0.2, 0.25) is 0 Å². The van der Waals surface area contributed by atoms with Crippen LogP contribution in [0.3, 0.4) is 0 Å². The van der Waals surface area contributed by atoms with E-state index in [4.69, 9.17) is 29.3 Å². The Kier molecular flexibility index (Phi) is 11.4. The molecule has 6 N–H and O–H groups in total. The Morgan fingerprint density at radius 1 is 0.951 bits per heavy atom. The zero-order valence-corrected chi connectivity index (χ0v) is 20.8. The number of H-pyrrole nitrogens is 1. The summed E-state index contributed by atoms with van der Waals surface area (Å²) in [5.41, 5.74) is 1.55. The molecule has 41 heavy (non-hydrogen) atoms. The van der Waals surface area contributed by atoms with Gasteiger partial charge in [-0.1, -0.05) is 12.1 Å². The van der Waals surface area contributed by atoms with Gasteiger partial charge in [0, 0.05) is 31.9 Å². The van der Waals surface area contributed by atoms with E-state index < -0.39 is 30.4 Å². The zero-order valence-electron chi connectivity index (χ0n) is 20.8. The van der Waals surface area contributed by atoms with Crippen LogP contribution in [-0.4, -0.2) is 83.6 Å². The Hall–Kier alpha value is -4.48. The molecule has 0 bridgehead atoms. The van der Waals surface area contributed by atoms with Crippen molar-refractivity contribution in [2.45, 2.75) is 30.9 Å². The summed E-state index contributed by atoms with van der Waals surface area (Å²) in [5, 5.41) is 23.4. The highest BCUT2D eigenvalue weighted by molar-refractivity contribution is 5.94. The second kappa shape index (κ2) is 14.2. The number of ether oxygens (including phenoxy) is 2. The number of hydrogen-bond donors (Lipinski definition) is 6. The van der Waals surface area contributed by atoms with Crippen LogP contribution in [0, 0.1) is 0 Å². The summed E-state index contributed by atoms with van der Waals surface area (Å²) in [5.74, 6) is -4.56. The maximum Gasteiger partial charge on any atom is 0.490 e. The Morgan fingerprint density at radius 2 is 1.54 bits per heavy atom. The van der Waals surface area contributed by atoms with Crippen molar-refractivity contribution >= 4 is 23.8 Å². The van der Waals surface area contributed by atoms with E-state index in [0.29, 0.717) is 36.8 Å². The lowest BCUT2D eigenvalue weighted by molar-refractivity contribution is -0.193. The molecule has 12 nitrogen and oxygen atoms in total. The van der Waals surface area contributed by atoms with Crippen LogP contribution >= 0.6 is 0 Å². The number of hydrogen-bond acceptors (Lipinski definition) is 7. The van der Waals surface area contributed by atoms with E-state index in [-0.39, 0.29) is 24.5 Å². The first-order chi connectivity index (χ1) is 19.1. The molecule has 3 heterocycles. The Balaban J connectivity index is 0.000000349. The van der Waals surface area contributed by atoms with E-state index in [1.807, 2.05) is 24.3 Å². The Bertz CT molecular complexity index is 1190. The van der Waals surface area contributed by atoms with E-state index in [2.05, 4.69) is 20.9 Å².